The van der Waals surface area contributed by atoms with Crippen molar-refractivity contribution >= 4 is 27.0 Å². The molecule has 3 aliphatic rings. The summed E-state index contributed by atoms with van der Waals surface area (Å²) in [6.45, 7) is 7.68. The zero-order valence-corrected chi connectivity index (χ0v) is 29.2. The Hall–Kier alpha value is -3.60. The van der Waals surface area contributed by atoms with Crippen LogP contribution in [0.1, 0.15) is 83.9 Å². The molecule has 2 atom stereocenters. The molecule has 1 aromatic heterocycles. The zero-order valence-electron chi connectivity index (χ0n) is 28.4. The van der Waals surface area contributed by atoms with Crippen molar-refractivity contribution in [3.63, 3.8) is 0 Å². The first-order valence-corrected chi connectivity index (χ1v) is 18.8. The Balaban J connectivity index is 1.09. The molecule has 0 saturated carbocycles. The van der Waals surface area contributed by atoms with Gasteiger partial charge in [0.2, 0.25) is 10.0 Å². The van der Waals surface area contributed by atoms with E-state index in [9.17, 15) is 17.6 Å². The van der Waals surface area contributed by atoms with Crippen LogP contribution < -0.4 is 4.72 Å². The number of halogens is 1. The summed E-state index contributed by atoms with van der Waals surface area (Å²) in [6, 6.07) is 20.2. The standard InChI is InChI=1S/C38H46FN5O3S/c1-25-12-15-35(48(46,47)40-4)26(2)36(25)37(45)42-19-16-38(17-20-42,28-8-7-9-29(39)22-28)18-21-43-30-13-14-31(43)24-32(23-30)44-27(3)41-33-10-5-6-11-34(33)44/h5-12,15,22,30-32,40H,13-14,16-21,23-24H2,1-4H3. The van der Waals surface area contributed by atoms with E-state index in [0.717, 1.165) is 61.1 Å². The van der Waals surface area contributed by atoms with Crippen molar-refractivity contribution in [1.82, 2.24) is 24.1 Å². The average Bonchev–Trinajstić information content (AvgIpc) is 3.53. The number of piperidine rings is 2. The van der Waals surface area contributed by atoms with Gasteiger partial charge in [0.1, 0.15) is 11.6 Å². The Morgan fingerprint density at radius 3 is 2.35 bits per heavy atom. The van der Waals surface area contributed by atoms with Gasteiger partial charge in [0, 0.05) is 36.8 Å². The molecule has 254 valence electrons. The van der Waals surface area contributed by atoms with Gasteiger partial charge < -0.3 is 9.47 Å². The molecular formula is C38H46FN5O3S. The van der Waals surface area contributed by atoms with Crippen LogP contribution >= 0.6 is 0 Å². The van der Waals surface area contributed by atoms with Crippen molar-refractivity contribution in [1.29, 1.82) is 0 Å². The van der Waals surface area contributed by atoms with Crippen LogP contribution in [-0.2, 0) is 15.4 Å². The van der Waals surface area contributed by atoms with Gasteiger partial charge in [0.15, 0.2) is 0 Å². The topological polar surface area (TPSA) is 87.5 Å². The smallest absolute Gasteiger partial charge is 0.254 e. The molecule has 3 aromatic carbocycles. The monoisotopic (exact) mass is 671 g/mol. The van der Waals surface area contributed by atoms with Crippen molar-refractivity contribution in [3.8, 4) is 0 Å². The predicted octanol–water partition coefficient (Wildman–Crippen LogP) is 6.44. The average molecular weight is 672 g/mol. The van der Waals surface area contributed by atoms with Gasteiger partial charge in [-0.2, -0.15) is 0 Å². The van der Waals surface area contributed by atoms with E-state index in [2.05, 4.69) is 51.4 Å². The van der Waals surface area contributed by atoms with Crippen molar-refractivity contribution in [2.45, 2.75) is 94.2 Å². The van der Waals surface area contributed by atoms with Crippen LogP contribution in [0, 0.1) is 26.6 Å². The molecule has 3 fully saturated rings. The Bertz CT molecular complexity index is 1950. The number of likely N-dealkylation sites (tertiary alicyclic amines) is 1. The number of hydrogen-bond acceptors (Lipinski definition) is 5. The number of aryl methyl sites for hydroxylation is 2. The third-order valence-electron chi connectivity index (χ3n) is 11.7. The SMILES string of the molecule is CNS(=O)(=O)c1ccc(C)c(C(=O)N2CCC(CCN3C4CCC3CC(n3c(C)nc5ccccc53)C4)(c3cccc(F)c3)CC2)c1C. The third kappa shape index (κ3) is 5.75. The first-order chi connectivity index (χ1) is 23.0. The largest absolute Gasteiger partial charge is 0.339 e. The molecule has 3 saturated heterocycles. The van der Waals surface area contributed by atoms with E-state index in [1.54, 1.807) is 31.2 Å². The minimum atomic E-state index is -3.71. The second kappa shape index (κ2) is 12.7. The number of aromatic nitrogens is 2. The van der Waals surface area contributed by atoms with E-state index >= 15 is 0 Å². The number of para-hydroxylation sites is 2. The molecule has 8 nitrogen and oxygen atoms in total. The second-order valence-electron chi connectivity index (χ2n) is 14.2. The Morgan fingerprint density at radius 1 is 0.958 bits per heavy atom. The summed E-state index contributed by atoms with van der Waals surface area (Å²) in [5.41, 5.74) is 4.71. The summed E-state index contributed by atoms with van der Waals surface area (Å²) in [7, 11) is -2.33. The van der Waals surface area contributed by atoms with Crippen molar-refractivity contribution in [3.05, 3.63) is 94.6 Å². The molecule has 0 aliphatic carbocycles. The Labute approximate surface area is 283 Å². The number of fused-ring (bicyclic) bond motifs is 3. The number of nitrogens with zero attached hydrogens (tertiary/aromatic N) is 4. The maximum absolute atomic E-state index is 14.7. The highest BCUT2D eigenvalue weighted by atomic mass is 32.2. The molecule has 0 spiro atoms. The van der Waals surface area contributed by atoms with Crippen LogP contribution in [0.5, 0.6) is 0 Å². The number of nitrogens with one attached hydrogen (secondary N) is 1. The molecule has 1 amide bonds. The molecule has 3 aliphatic heterocycles. The van der Waals surface area contributed by atoms with E-state index in [1.807, 2.05) is 11.8 Å². The summed E-state index contributed by atoms with van der Waals surface area (Å²) >= 11 is 0. The summed E-state index contributed by atoms with van der Waals surface area (Å²) in [5.74, 6) is 0.706. The van der Waals surface area contributed by atoms with Gasteiger partial charge >= 0.3 is 0 Å². The predicted molar refractivity (Wildman–Crippen MR) is 186 cm³/mol. The fraction of sp³-hybridized carbons (Fsp3) is 0.474. The third-order valence-corrected chi connectivity index (χ3v) is 13.2. The van der Waals surface area contributed by atoms with Crippen LogP contribution in [0.25, 0.3) is 11.0 Å². The van der Waals surface area contributed by atoms with Gasteiger partial charge in [0.25, 0.3) is 5.91 Å². The van der Waals surface area contributed by atoms with Gasteiger partial charge in [-0.3, -0.25) is 9.69 Å². The minimum absolute atomic E-state index is 0.125. The fourth-order valence-corrected chi connectivity index (χ4v) is 10.1. The van der Waals surface area contributed by atoms with E-state index < -0.39 is 10.0 Å². The Morgan fingerprint density at radius 2 is 1.67 bits per heavy atom. The molecule has 0 radical (unpaired) electrons. The van der Waals surface area contributed by atoms with E-state index in [4.69, 9.17) is 4.98 Å². The zero-order chi connectivity index (χ0) is 33.8. The van der Waals surface area contributed by atoms with Crippen molar-refractivity contribution in [2.75, 3.05) is 26.7 Å². The van der Waals surface area contributed by atoms with Gasteiger partial charge in [-0.1, -0.05) is 30.3 Å². The first kappa shape index (κ1) is 32.9. The molecule has 2 unspecified atom stereocenters. The molecule has 2 bridgehead atoms. The number of carbonyl (C=O) groups is 1. The van der Waals surface area contributed by atoms with Gasteiger partial charge in [-0.15, -0.1) is 0 Å². The molecule has 48 heavy (non-hydrogen) atoms. The number of carbonyl (C=O) groups excluding carboxylic acids is 1. The number of sulfonamides is 1. The van der Waals surface area contributed by atoms with Crippen molar-refractivity contribution < 1.29 is 17.6 Å². The Kier molecular flexibility index (Phi) is 8.71. The number of imidazole rings is 1. The molecule has 1 N–H and O–H groups in total. The van der Waals surface area contributed by atoms with Crippen LogP contribution in [0.2, 0.25) is 0 Å². The van der Waals surface area contributed by atoms with Gasteiger partial charge in [-0.25, -0.2) is 22.5 Å². The van der Waals surface area contributed by atoms with Gasteiger partial charge in [-0.05, 0) is 132 Å². The fourth-order valence-electron chi connectivity index (χ4n) is 9.15. The van der Waals surface area contributed by atoms with Gasteiger partial charge in [0.05, 0.1) is 15.9 Å². The summed E-state index contributed by atoms with van der Waals surface area (Å²) in [6.07, 6.45) is 6.95. The van der Waals surface area contributed by atoms with Crippen LogP contribution in [0.3, 0.4) is 0 Å². The number of amides is 1. The summed E-state index contributed by atoms with van der Waals surface area (Å²) < 4.78 is 44.9. The quantitative estimate of drug-likeness (QED) is 0.233. The number of hydrogen-bond donors (Lipinski definition) is 1. The summed E-state index contributed by atoms with van der Waals surface area (Å²) in [4.78, 5) is 23.5. The van der Waals surface area contributed by atoms with Crippen LogP contribution in [-0.4, -0.2) is 72.4 Å². The van der Waals surface area contributed by atoms with Crippen LogP contribution in [0.15, 0.2) is 65.6 Å². The van der Waals surface area contributed by atoms with E-state index in [-0.39, 0.29) is 22.0 Å². The molecular weight excluding hydrogens is 626 g/mol. The summed E-state index contributed by atoms with van der Waals surface area (Å²) in [5, 5.41) is 0. The molecule has 10 heteroatoms. The lowest BCUT2D eigenvalue weighted by Crippen LogP contribution is -2.49. The highest BCUT2D eigenvalue weighted by Gasteiger charge is 2.44. The number of rotatable bonds is 8. The highest BCUT2D eigenvalue weighted by Crippen LogP contribution is 2.45. The first-order valence-electron chi connectivity index (χ1n) is 17.3. The van der Waals surface area contributed by atoms with E-state index in [0.29, 0.717) is 42.3 Å². The normalized spacial score (nSPS) is 22.8. The lowest BCUT2D eigenvalue weighted by Gasteiger charge is -2.46. The van der Waals surface area contributed by atoms with Crippen molar-refractivity contribution in [2.24, 2.45) is 0 Å². The minimum Gasteiger partial charge on any atom is -0.339 e. The molecule has 4 heterocycles. The maximum atomic E-state index is 14.7. The lowest BCUT2D eigenvalue weighted by molar-refractivity contribution is 0.0605. The molecule has 4 aromatic rings. The second-order valence-corrected chi connectivity index (χ2v) is 16.0. The maximum Gasteiger partial charge on any atom is 0.254 e. The van der Waals surface area contributed by atoms with E-state index in [1.165, 1.54) is 31.5 Å². The highest BCUT2D eigenvalue weighted by molar-refractivity contribution is 7.89. The lowest BCUT2D eigenvalue weighted by atomic mass is 9.70. The van der Waals surface area contributed by atoms with Crippen LogP contribution in [0.4, 0.5) is 4.39 Å². The molecule has 7 rings (SSSR count). The number of benzene rings is 3.